The number of hydrogen-bond donors (Lipinski definition) is 2. The van der Waals surface area contributed by atoms with Gasteiger partial charge in [-0.05, 0) is 44.6 Å². The molecule has 0 unspecified atom stereocenters. The highest BCUT2D eigenvalue weighted by molar-refractivity contribution is 6.31. The first-order chi connectivity index (χ1) is 10.0. The van der Waals surface area contributed by atoms with Crippen LogP contribution in [0.25, 0.3) is 0 Å². The number of aliphatic carboxylic acids is 1. The fourth-order valence-corrected chi connectivity index (χ4v) is 3.23. The van der Waals surface area contributed by atoms with E-state index in [4.69, 9.17) is 16.7 Å². The highest BCUT2D eigenvalue weighted by atomic mass is 35.5. The van der Waals surface area contributed by atoms with Gasteiger partial charge in [0.05, 0.1) is 10.9 Å². The Morgan fingerprint density at radius 1 is 1.19 bits per heavy atom. The second kappa shape index (κ2) is 5.72. The standard InChI is InChI=1S/C15H19ClN2O3/c16-10-7-13(18(8-10)12-5-6-12)14(19)17-11-3-1-9(2-4-11)15(20)21/h7-9,11-12H,1-6H2,(H,17,19)(H,20,21). The number of carbonyl (C=O) groups is 2. The van der Waals surface area contributed by atoms with Gasteiger partial charge in [-0.2, -0.15) is 0 Å². The van der Waals surface area contributed by atoms with Gasteiger partial charge in [-0.15, -0.1) is 0 Å². The van der Waals surface area contributed by atoms with Crippen molar-refractivity contribution >= 4 is 23.5 Å². The molecule has 0 bridgehead atoms. The molecule has 2 fully saturated rings. The number of nitrogens with zero attached hydrogens (tertiary/aromatic N) is 1. The summed E-state index contributed by atoms with van der Waals surface area (Å²) >= 11 is 6.01. The van der Waals surface area contributed by atoms with Crippen molar-refractivity contribution in [1.82, 2.24) is 9.88 Å². The minimum atomic E-state index is -0.728. The molecule has 5 nitrogen and oxygen atoms in total. The van der Waals surface area contributed by atoms with Gasteiger partial charge in [0.1, 0.15) is 5.69 Å². The second-order valence-corrected chi connectivity index (χ2v) is 6.48. The molecule has 0 aliphatic heterocycles. The lowest BCUT2D eigenvalue weighted by Gasteiger charge is -2.26. The summed E-state index contributed by atoms with van der Waals surface area (Å²) in [5.41, 5.74) is 0.614. The zero-order valence-electron chi connectivity index (χ0n) is 11.7. The summed E-state index contributed by atoms with van der Waals surface area (Å²) in [4.78, 5) is 23.3. The maximum atomic E-state index is 12.4. The third kappa shape index (κ3) is 3.23. The van der Waals surface area contributed by atoms with Crippen LogP contribution in [-0.2, 0) is 4.79 Å². The van der Waals surface area contributed by atoms with Crippen LogP contribution in [0.15, 0.2) is 12.3 Å². The van der Waals surface area contributed by atoms with E-state index < -0.39 is 5.97 Å². The van der Waals surface area contributed by atoms with E-state index in [2.05, 4.69) is 5.32 Å². The van der Waals surface area contributed by atoms with Crippen LogP contribution in [0.2, 0.25) is 5.02 Å². The summed E-state index contributed by atoms with van der Waals surface area (Å²) in [7, 11) is 0. The highest BCUT2D eigenvalue weighted by Crippen LogP contribution is 2.37. The molecule has 0 radical (unpaired) electrons. The predicted molar refractivity (Wildman–Crippen MR) is 78.6 cm³/mol. The first kappa shape index (κ1) is 14.4. The second-order valence-electron chi connectivity index (χ2n) is 6.04. The van der Waals surface area contributed by atoms with E-state index in [0.717, 1.165) is 25.7 Å². The average Bonchev–Trinajstić information content (AvgIpc) is 3.22. The molecule has 2 aliphatic carbocycles. The van der Waals surface area contributed by atoms with E-state index in [9.17, 15) is 9.59 Å². The van der Waals surface area contributed by atoms with Crippen LogP contribution < -0.4 is 5.32 Å². The third-order valence-electron chi connectivity index (χ3n) is 4.40. The van der Waals surface area contributed by atoms with Crippen molar-refractivity contribution in [3.63, 3.8) is 0 Å². The maximum Gasteiger partial charge on any atom is 0.306 e. The molecule has 1 amide bonds. The normalized spacial score (nSPS) is 25.6. The molecule has 0 saturated heterocycles. The third-order valence-corrected chi connectivity index (χ3v) is 4.61. The molecule has 3 rings (SSSR count). The van der Waals surface area contributed by atoms with E-state index in [1.54, 1.807) is 6.07 Å². The monoisotopic (exact) mass is 310 g/mol. The lowest BCUT2D eigenvalue weighted by molar-refractivity contribution is -0.142. The van der Waals surface area contributed by atoms with Gasteiger partial charge in [0, 0.05) is 18.3 Å². The van der Waals surface area contributed by atoms with E-state index >= 15 is 0 Å². The number of rotatable bonds is 4. The molecule has 21 heavy (non-hydrogen) atoms. The summed E-state index contributed by atoms with van der Waals surface area (Å²) in [6.45, 7) is 0. The molecule has 0 aromatic carbocycles. The molecule has 1 aromatic rings. The van der Waals surface area contributed by atoms with Gasteiger partial charge in [0.2, 0.25) is 0 Å². The molecule has 114 valence electrons. The van der Waals surface area contributed by atoms with Crippen molar-refractivity contribution in [3.05, 3.63) is 23.0 Å². The van der Waals surface area contributed by atoms with Crippen molar-refractivity contribution < 1.29 is 14.7 Å². The molecular weight excluding hydrogens is 292 g/mol. The Morgan fingerprint density at radius 2 is 1.86 bits per heavy atom. The Hall–Kier alpha value is -1.49. The Morgan fingerprint density at radius 3 is 2.43 bits per heavy atom. The molecule has 1 heterocycles. The maximum absolute atomic E-state index is 12.4. The summed E-state index contributed by atoms with van der Waals surface area (Å²) in [6, 6.07) is 2.17. The van der Waals surface area contributed by atoms with Crippen LogP contribution in [0.3, 0.4) is 0 Å². The van der Waals surface area contributed by atoms with Gasteiger partial charge >= 0.3 is 5.97 Å². The fourth-order valence-electron chi connectivity index (χ4n) is 3.03. The lowest BCUT2D eigenvalue weighted by Crippen LogP contribution is -2.39. The highest BCUT2D eigenvalue weighted by Gasteiger charge is 2.30. The van der Waals surface area contributed by atoms with Gasteiger partial charge < -0.3 is 15.0 Å². The predicted octanol–water partition coefficient (Wildman–Crippen LogP) is 2.85. The van der Waals surface area contributed by atoms with Gasteiger partial charge in [-0.1, -0.05) is 11.6 Å². The number of amides is 1. The van der Waals surface area contributed by atoms with E-state index in [-0.39, 0.29) is 17.9 Å². The minimum Gasteiger partial charge on any atom is -0.481 e. The Balaban J connectivity index is 1.61. The van der Waals surface area contributed by atoms with Crippen LogP contribution in [0.1, 0.15) is 55.1 Å². The van der Waals surface area contributed by atoms with Gasteiger partial charge in [0.15, 0.2) is 0 Å². The van der Waals surface area contributed by atoms with Crippen molar-refractivity contribution in [2.45, 2.75) is 50.6 Å². The molecule has 6 heteroatoms. The van der Waals surface area contributed by atoms with Crippen LogP contribution >= 0.6 is 11.6 Å². The largest absolute Gasteiger partial charge is 0.481 e. The summed E-state index contributed by atoms with van der Waals surface area (Å²) < 4.78 is 1.96. The number of carboxylic acids is 1. The lowest BCUT2D eigenvalue weighted by atomic mass is 9.86. The molecule has 2 aliphatic rings. The average molecular weight is 311 g/mol. The Kier molecular flexibility index (Phi) is 3.93. The first-order valence-electron chi connectivity index (χ1n) is 7.45. The van der Waals surface area contributed by atoms with Crippen molar-refractivity contribution in [2.75, 3.05) is 0 Å². The van der Waals surface area contributed by atoms with Crippen molar-refractivity contribution in [2.24, 2.45) is 5.92 Å². The zero-order chi connectivity index (χ0) is 15.0. The molecular formula is C15H19ClN2O3. The number of halogens is 1. The Labute approximate surface area is 128 Å². The smallest absolute Gasteiger partial charge is 0.306 e. The zero-order valence-corrected chi connectivity index (χ0v) is 12.5. The first-order valence-corrected chi connectivity index (χ1v) is 7.83. The van der Waals surface area contributed by atoms with E-state index in [1.807, 2.05) is 10.8 Å². The molecule has 0 spiro atoms. The minimum absolute atomic E-state index is 0.0643. The van der Waals surface area contributed by atoms with E-state index in [1.165, 1.54) is 0 Å². The molecule has 2 N–H and O–H groups in total. The summed E-state index contributed by atoms with van der Waals surface area (Å²) in [6.07, 6.45) is 6.70. The summed E-state index contributed by atoms with van der Waals surface area (Å²) in [5.74, 6) is -1.09. The van der Waals surface area contributed by atoms with Gasteiger partial charge in [-0.3, -0.25) is 9.59 Å². The molecule has 2 saturated carbocycles. The van der Waals surface area contributed by atoms with E-state index in [0.29, 0.717) is 29.6 Å². The van der Waals surface area contributed by atoms with Crippen LogP contribution in [0, 0.1) is 5.92 Å². The van der Waals surface area contributed by atoms with Crippen molar-refractivity contribution in [1.29, 1.82) is 0 Å². The number of nitrogens with one attached hydrogen (secondary N) is 1. The Bertz CT molecular complexity index is 557. The number of hydrogen-bond acceptors (Lipinski definition) is 2. The fraction of sp³-hybridized carbons (Fsp3) is 0.600. The molecule has 0 atom stereocenters. The van der Waals surface area contributed by atoms with Crippen LogP contribution in [0.5, 0.6) is 0 Å². The van der Waals surface area contributed by atoms with Gasteiger partial charge in [-0.25, -0.2) is 0 Å². The van der Waals surface area contributed by atoms with Crippen LogP contribution in [-0.4, -0.2) is 27.6 Å². The quantitative estimate of drug-likeness (QED) is 0.898. The van der Waals surface area contributed by atoms with Crippen molar-refractivity contribution in [3.8, 4) is 0 Å². The van der Waals surface area contributed by atoms with Crippen LogP contribution in [0.4, 0.5) is 0 Å². The number of aromatic nitrogens is 1. The summed E-state index contributed by atoms with van der Waals surface area (Å²) in [5, 5.41) is 12.6. The topological polar surface area (TPSA) is 71.3 Å². The SMILES string of the molecule is O=C(NC1CCC(C(=O)O)CC1)c1cc(Cl)cn1C1CC1. The number of carboxylic acid groups (broad SMARTS) is 1. The van der Waals surface area contributed by atoms with Gasteiger partial charge in [0.25, 0.3) is 5.91 Å². The molecule has 1 aromatic heterocycles. The number of carbonyl (C=O) groups excluding carboxylic acids is 1.